The Morgan fingerprint density at radius 3 is 2.72 bits per heavy atom. The largest absolute Gasteiger partial charge is 0.497 e. The predicted molar refractivity (Wildman–Crippen MR) is 70.2 cm³/mol. The van der Waals surface area contributed by atoms with Gasteiger partial charge >= 0.3 is 0 Å². The molecule has 4 nitrogen and oxygen atoms in total. The van der Waals surface area contributed by atoms with Crippen molar-refractivity contribution in [3.8, 4) is 11.5 Å². The molecule has 18 heavy (non-hydrogen) atoms. The van der Waals surface area contributed by atoms with Crippen LogP contribution in [0.15, 0.2) is 18.2 Å². The molecule has 2 N–H and O–H groups in total. The molecule has 2 rings (SSSR count). The molecule has 4 heteroatoms. The van der Waals surface area contributed by atoms with Crippen molar-refractivity contribution in [1.29, 1.82) is 0 Å². The Labute approximate surface area is 108 Å². The van der Waals surface area contributed by atoms with Gasteiger partial charge in [0.15, 0.2) is 0 Å². The van der Waals surface area contributed by atoms with E-state index in [1.165, 1.54) is 0 Å². The minimum Gasteiger partial charge on any atom is -0.497 e. The molecule has 1 saturated heterocycles. The zero-order chi connectivity index (χ0) is 13.0. The first-order valence-electron chi connectivity index (χ1n) is 6.35. The third kappa shape index (κ3) is 2.60. The van der Waals surface area contributed by atoms with E-state index in [0.717, 1.165) is 37.2 Å². The predicted octanol–water partition coefficient (Wildman–Crippen LogP) is 1.66. The summed E-state index contributed by atoms with van der Waals surface area (Å²) < 4.78 is 10.6. The monoisotopic (exact) mass is 251 g/mol. The summed E-state index contributed by atoms with van der Waals surface area (Å²) in [5.41, 5.74) is 0.0516. The van der Waals surface area contributed by atoms with Crippen molar-refractivity contribution in [2.45, 2.75) is 24.9 Å². The Morgan fingerprint density at radius 1 is 1.17 bits per heavy atom. The maximum absolute atomic E-state index is 10.8. The molecule has 0 spiro atoms. The van der Waals surface area contributed by atoms with Gasteiger partial charge in [-0.15, -0.1) is 0 Å². The van der Waals surface area contributed by atoms with Gasteiger partial charge in [-0.2, -0.15) is 0 Å². The third-order valence-electron chi connectivity index (χ3n) is 3.57. The lowest BCUT2D eigenvalue weighted by atomic mass is 9.86. The highest BCUT2D eigenvalue weighted by Gasteiger charge is 2.32. The number of hydrogen-bond acceptors (Lipinski definition) is 4. The van der Waals surface area contributed by atoms with Crippen LogP contribution < -0.4 is 14.8 Å². The summed E-state index contributed by atoms with van der Waals surface area (Å²) in [4.78, 5) is 0. The molecule has 1 atom stereocenters. The van der Waals surface area contributed by atoms with Crippen molar-refractivity contribution in [3.05, 3.63) is 23.8 Å². The van der Waals surface area contributed by atoms with Crippen LogP contribution in [-0.4, -0.2) is 32.4 Å². The first-order chi connectivity index (χ1) is 8.69. The van der Waals surface area contributed by atoms with Gasteiger partial charge in [-0.25, -0.2) is 0 Å². The van der Waals surface area contributed by atoms with Crippen LogP contribution in [0.3, 0.4) is 0 Å². The summed E-state index contributed by atoms with van der Waals surface area (Å²) in [5.74, 6) is 1.43. The second kappa shape index (κ2) is 5.59. The van der Waals surface area contributed by atoms with Crippen LogP contribution in [0, 0.1) is 0 Å². The number of methoxy groups -OCH3 is 2. The van der Waals surface area contributed by atoms with Crippen molar-refractivity contribution in [2.75, 3.05) is 27.3 Å². The van der Waals surface area contributed by atoms with Gasteiger partial charge in [0, 0.05) is 11.6 Å². The summed E-state index contributed by atoms with van der Waals surface area (Å²) in [6.45, 7) is 1.78. The SMILES string of the molecule is COc1ccc(C2(O)CCCNCC2)c(OC)c1. The minimum atomic E-state index is -0.804. The average molecular weight is 251 g/mol. The van der Waals surface area contributed by atoms with Crippen molar-refractivity contribution in [3.63, 3.8) is 0 Å². The van der Waals surface area contributed by atoms with Crippen LogP contribution in [0.1, 0.15) is 24.8 Å². The number of ether oxygens (including phenoxy) is 2. The summed E-state index contributed by atoms with van der Waals surface area (Å²) in [7, 11) is 3.25. The van der Waals surface area contributed by atoms with Gasteiger partial charge in [0.25, 0.3) is 0 Å². The third-order valence-corrected chi connectivity index (χ3v) is 3.57. The Hall–Kier alpha value is -1.26. The smallest absolute Gasteiger partial charge is 0.128 e. The van der Waals surface area contributed by atoms with Gasteiger partial charge in [0.05, 0.1) is 19.8 Å². The molecule has 0 aliphatic carbocycles. The molecule has 100 valence electrons. The van der Waals surface area contributed by atoms with Crippen molar-refractivity contribution >= 4 is 0 Å². The highest BCUT2D eigenvalue weighted by atomic mass is 16.5. The van der Waals surface area contributed by atoms with E-state index >= 15 is 0 Å². The van der Waals surface area contributed by atoms with Gasteiger partial charge < -0.3 is 19.9 Å². The van der Waals surface area contributed by atoms with E-state index in [1.807, 2.05) is 18.2 Å². The summed E-state index contributed by atoms with van der Waals surface area (Å²) >= 11 is 0. The molecule has 1 aliphatic heterocycles. The maximum atomic E-state index is 10.8. The molecule has 1 heterocycles. The Bertz CT molecular complexity index is 398. The summed E-state index contributed by atoms with van der Waals surface area (Å²) in [6, 6.07) is 5.60. The molecule has 0 saturated carbocycles. The molecule has 1 aromatic rings. The van der Waals surface area contributed by atoms with E-state index < -0.39 is 5.60 Å². The van der Waals surface area contributed by atoms with Crippen molar-refractivity contribution in [2.24, 2.45) is 0 Å². The Kier molecular flexibility index (Phi) is 4.09. The number of nitrogens with one attached hydrogen (secondary N) is 1. The molecule has 1 fully saturated rings. The number of aliphatic hydroxyl groups is 1. The fourth-order valence-corrected chi connectivity index (χ4v) is 2.50. The van der Waals surface area contributed by atoms with E-state index in [1.54, 1.807) is 14.2 Å². The zero-order valence-corrected chi connectivity index (χ0v) is 11.0. The topological polar surface area (TPSA) is 50.7 Å². The molecule has 1 aliphatic rings. The lowest BCUT2D eigenvalue weighted by Gasteiger charge is -2.28. The fourth-order valence-electron chi connectivity index (χ4n) is 2.50. The van der Waals surface area contributed by atoms with Crippen LogP contribution in [-0.2, 0) is 5.60 Å². The maximum Gasteiger partial charge on any atom is 0.128 e. The van der Waals surface area contributed by atoms with Gasteiger partial charge in [0.1, 0.15) is 11.5 Å². The number of benzene rings is 1. The average Bonchev–Trinajstić information content (AvgIpc) is 2.63. The first-order valence-corrected chi connectivity index (χ1v) is 6.35. The molecule has 0 amide bonds. The Balaban J connectivity index is 2.35. The summed E-state index contributed by atoms with van der Waals surface area (Å²) in [5, 5.41) is 14.1. The quantitative estimate of drug-likeness (QED) is 0.858. The van der Waals surface area contributed by atoms with Gasteiger partial charge in [-0.3, -0.25) is 0 Å². The van der Waals surface area contributed by atoms with E-state index in [2.05, 4.69) is 5.32 Å². The Morgan fingerprint density at radius 2 is 2.00 bits per heavy atom. The van der Waals surface area contributed by atoms with Crippen molar-refractivity contribution in [1.82, 2.24) is 5.32 Å². The molecule has 0 bridgehead atoms. The van der Waals surface area contributed by atoms with E-state index in [0.29, 0.717) is 12.2 Å². The number of hydrogen-bond donors (Lipinski definition) is 2. The van der Waals surface area contributed by atoms with Crippen LogP contribution in [0.5, 0.6) is 11.5 Å². The second-order valence-corrected chi connectivity index (χ2v) is 4.70. The molecule has 1 unspecified atom stereocenters. The van der Waals surface area contributed by atoms with Gasteiger partial charge in [0.2, 0.25) is 0 Å². The minimum absolute atomic E-state index is 0.693. The molecular weight excluding hydrogens is 230 g/mol. The summed E-state index contributed by atoms with van der Waals surface area (Å²) in [6.07, 6.45) is 2.42. The standard InChI is InChI=1S/C14H21NO3/c1-17-11-4-5-12(13(10-11)18-2)14(16)6-3-8-15-9-7-14/h4-5,10,15-16H,3,6-9H2,1-2H3. The fraction of sp³-hybridized carbons (Fsp3) is 0.571. The van der Waals surface area contributed by atoms with Crippen LogP contribution in [0.4, 0.5) is 0 Å². The van der Waals surface area contributed by atoms with Gasteiger partial charge in [-0.05, 0) is 44.5 Å². The normalized spacial score (nSPS) is 24.4. The van der Waals surface area contributed by atoms with E-state index in [4.69, 9.17) is 9.47 Å². The second-order valence-electron chi connectivity index (χ2n) is 4.70. The highest BCUT2D eigenvalue weighted by molar-refractivity contribution is 5.44. The lowest BCUT2D eigenvalue weighted by Crippen LogP contribution is -2.27. The van der Waals surface area contributed by atoms with Crippen LogP contribution >= 0.6 is 0 Å². The lowest BCUT2D eigenvalue weighted by molar-refractivity contribution is 0.0217. The van der Waals surface area contributed by atoms with E-state index in [-0.39, 0.29) is 0 Å². The van der Waals surface area contributed by atoms with Gasteiger partial charge in [-0.1, -0.05) is 0 Å². The number of rotatable bonds is 3. The van der Waals surface area contributed by atoms with E-state index in [9.17, 15) is 5.11 Å². The zero-order valence-electron chi connectivity index (χ0n) is 11.0. The van der Waals surface area contributed by atoms with Crippen LogP contribution in [0.2, 0.25) is 0 Å². The molecule has 1 aromatic carbocycles. The van der Waals surface area contributed by atoms with Crippen molar-refractivity contribution < 1.29 is 14.6 Å². The molecule has 0 radical (unpaired) electrons. The molecule has 0 aromatic heterocycles. The van der Waals surface area contributed by atoms with Crippen LogP contribution in [0.25, 0.3) is 0 Å². The molecular formula is C14H21NO3. The first kappa shape index (κ1) is 13.2. The highest BCUT2D eigenvalue weighted by Crippen LogP contribution is 2.38.